The number of fused-ring (bicyclic) bond motifs is 2. The maximum absolute atomic E-state index is 12.3. The number of aromatic nitrogens is 6. The number of nitrogens with zero attached hydrogens (tertiary/aromatic N) is 11. The van der Waals surface area contributed by atoms with Crippen molar-refractivity contribution < 1.29 is 45.0 Å². The number of nitrogens with one attached hydrogen (secondary N) is 4. The van der Waals surface area contributed by atoms with Gasteiger partial charge in [-0.2, -0.15) is 22.1 Å². The van der Waals surface area contributed by atoms with Crippen molar-refractivity contribution in [1.29, 1.82) is 5.26 Å². The zero-order valence-corrected chi connectivity index (χ0v) is 54.2. The number of likely N-dealkylation sites (N-methyl/N-ethyl adjacent to an activating group) is 4. The number of carbonyl (C=O) groups excluding carboxylic acids is 2. The van der Waals surface area contributed by atoms with Gasteiger partial charge < -0.3 is 59.5 Å². The van der Waals surface area contributed by atoms with E-state index in [2.05, 4.69) is 138 Å². The number of carbonyl (C=O) groups is 2. The van der Waals surface area contributed by atoms with Gasteiger partial charge in [-0.1, -0.05) is 63.4 Å². The number of hydrogen-bond acceptors (Lipinski definition) is 19. The van der Waals surface area contributed by atoms with Crippen LogP contribution in [0.15, 0.2) is 135 Å². The highest BCUT2D eigenvalue weighted by Crippen LogP contribution is 2.40. The molecule has 0 unspecified atom stereocenters. The first kappa shape index (κ1) is 72.0. The largest absolute Gasteiger partial charge is 0.494 e. The van der Waals surface area contributed by atoms with Gasteiger partial charge in [0.05, 0.1) is 78.3 Å². The Bertz CT molecular complexity index is 3720. The molecule has 8 aromatic rings. The Kier molecular flexibility index (Phi) is 27.7. The van der Waals surface area contributed by atoms with E-state index in [0.29, 0.717) is 58.7 Å². The first-order chi connectivity index (χ1) is 42.1. The number of methoxy groups -OCH3 is 2. The summed E-state index contributed by atoms with van der Waals surface area (Å²) in [6.07, 6.45) is 11.5. The Labute approximate surface area is 521 Å². The normalized spacial score (nSPS) is 10.8. The first-order valence-electron chi connectivity index (χ1n) is 27.6. The van der Waals surface area contributed by atoms with Crippen molar-refractivity contribution in [2.75, 3.05) is 125 Å². The van der Waals surface area contributed by atoms with Gasteiger partial charge in [0.15, 0.2) is 0 Å². The molecule has 0 spiro atoms. The highest BCUT2D eigenvalue weighted by molar-refractivity contribution is 7.85. The molecule has 27 heteroatoms. The predicted molar refractivity (Wildman–Crippen MR) is 357 cm³/mol. The van der Waals surface area contributed by atoms with Gasteiger partial charge in [-0.05, 0) is 75.7 Å². The van der Waals surface area contributed by atoms with Crippen LogP contribution >= 0.6 is 0 Å². The lowest BCUT2D eigenvalue weighted by molar-refractivity contribution is -0.112. The minimum atomic E-state index is -3.67. The SMILES string of the molecule is C=CC(=O)Nc1cc(Nc2nccc(-c3cn(C)c4ccccc34)n2)c(OC)cc1N(C)CCN(C)CC.C=CC(=O)Nc1cc(Nc2nccc(-c3cn(C)c4ccccc34)n2)c(OC)cc1N(C)CCN(C)CC.CC#N.CS(=O)(=O)O.CS(=O)(=O)O. The third-order valence-electron chi connectivity index (χ3n) is 13.2. The molecule has 4 aromatic heterocycles. The molecule has 4 aromatic carbocycles. The highest BCUT2D eigenvalue weighted by Gasteiger charge is 2.20. The standard InChI is InChI=1S/2C29H35N7O2.C2H3N.2CH4O3S/c2*1-7-28(37)31-23-17-24(27(38-6)18-26(23)35(4)16-15-34(3)8-2)33-29-30-14-13-22(32-29)21-19-36(5)25-12-10-9-11-20(21)25;1-2-3;2*1-5(2,3)4/h2*7,9-14,17-19H,1,8,15-16H2,2-6H3,(H,31,37)(H,30,32,33);1H3;2*1H3,(H,2,3,4). The summed E-state index contributed by atoms with van der Waals surface area (Å²) in [5, 5.41) is 22.0. The third-order valence-corrected chi connectivity index (χ3v) is 13.2. The summed E-state index contributed by atoms with van der Waals surface area (Å²) in [5.41, 5.74) is 10.1. The molecule has 6 N–H and O–H groups in total. The molecule has 4 heterocycles. The minimum absolute atomic E-state index is 0.296. The topological polar surface area (TPSA) is 308 Å². The van der Waals surface area contributed by atoms with Crippen LogP contribution in [0.1, 0.15) is 20.8 Å². The maximum Gasteiger partial charge on any atom is 0.261 e. The molecule has 8 rings (SSSR count). The van der Waals surface area contributed by atoms with E-state index in [4.69, 9.17) is 33.8 Å². The Morgan fingerprint density at radius 1 is 0.618 bits per heavy atom. The Balaban J connectivity index is 0.000000318. The molecule has 0 aliphatic rings. The zero-order valence-electron chi connectivity index (χ0n) is 52.6. The molecular weight excluding hydrogens is 1180 g/mol. The van der Waals surface area contributed by atoms with Crippen LogP contribution in [0.4, 0.5) is 46.0 Å². The molecule has 25 nitrogen and oxygen atoms in total. The number of para-hydroxylation sites is 2. The molecule has 0 aliphatic carbocycles. The highest BCUT2D eigenvalue weighted by atomic mass is 32.2. The molecular formula is C62H81N15O10S2. The van der Waals surface area contributed by atoms with Crippen LogP contribution in [-0.4, -0.2) is 171 Å². The fourth-order valence-corrected chi connectivity index (χ4v) is 8.54. The number of amides is 2. The second-order valence-electron chi connectivity index (χ2n) is 20.0. The second-order valence-corrected chi connectivity index (χ2v) is 22.9. The molecule has 0 saturated carbocycles. The van der Waals surface area contributed by atoms with Gasteiger partial charge in [-0.15, -0.1) is 0 Å². The van der Waals surface area contributed by atoms with Crippen molar-refractivity contribution in [3.8, 4) is 40.1 Å². The summed E-state index contributed by atoms with van der Waals surface area (Å²) in [5.74, 6) is 1.45. The molecule has 0 bridgehead atoms. The molecule has 476 valence electrons. The summed E-state index contributed by atoms with van der Waals surface area (Å²) in [6, 6.07) is 29.5. The summed E-state index contributed by atoms with van der Waals surface area (Å²) >= 11 is 0. The van der Waals surface area contributed by atoms with E-state index in [9.17, 15) is 26.4 Å². The number of rotatable bonds is 22. The molecule has 0 radical (unpaired) electrons. The Morgan fingerprint density at radius 3 is 1.27 bits per heavy atom. The summed E-state index contributed by atoms with van der Waals surface area (Å²) in [7, 11) is 8.08. The molecule has 0 atom stereocenters. The quantitative estimate of drug-likeness (QED) is 0.0272. The van der Waals surface area contributed by atoms with E-state index < -0.39 is 20.2 Å². The van der Waals surface area contributed by atoms with E-state index in [1.54, 1.807) is 32.7 Å². The van der Waals surface area contributed by atoms with Gasteiger partial charge in [0.2, 0.25) is 23.7 Å². The summed E-state index contributed by atoms with van der Waals surface area (Å²) in [4.78, 5) is 51.6. The number of aryl methyl sites for hydroxylation is 2. The van der Waals surface area contributed by atoms with Crippen molar-refractivity contribution in [2.24, 2.45) is 14.1 Å². The van der Waals surface area contributed by atoms with Crippen molar-refractivity contribution in [2.45, 2.75) is 20.8 Å². The van der Waals surface area contributed by atoms with Crippen LogP contribution in [0, 0.1) is 11.3 Å². The van der Waals surface area contributed by atoms with Crippen molar-refractivity contribution in [1.82, 2.24) is 38.9 Å². The van der Waals surface area contributed by atoms with Crippen LogP contribution in [0.2, 0.25) is 0 Å². The van der Waals surface area contributed by atoms with Gasteiger partial charge in [-0.3, -0.25) is 18.7 Å². The van der Waals surface area contributed by atoms with Gasteiger partial charge in [0.1, 0.15) is 11.5 Å². The fourth-order valence-electron chi connectivity index (χ4n) is 8.54. The first-order valence-corrected chi connectivity index (χ1v) is 31.3. The monoisotopic (exact) mass is 1260 g/mol. The molecule has 0 fully saturated rings. The average Bonchev–Trinajstić information content (AvgIpc) is 1.86. The lowest BCUT2D eigenvalue weighted by Gasteiger charge is -2.26. The van der Waals surface area contributed by atoms with Gasteiger partial charge >= 0.3 is 0 Å². The van der Waals surface area contributed by atoms with Crippen molar-refractivity contribution in [3.63, 3.8) is 0 Å². The van der Waals surface area contributed by atoms with Crippen molar-refractivity contribution >= 4 is 99.9 Å². The predicted octanol–water partition coefficient (Wildman–Crippen LogP) is 9.34. The maximum atomic E-state index is 12.3. The van der Waals surface area contributed by atoms with E-state index >= 15 is 0 Å². The molecule has 0 saturated heterocycles. The Hall–Kier alpha value is -9.43. The zero-order chi connectivity index (χ0) is 66.2. The minimum Gasteiger partial charge on any atom is -0.494 e. The third kappa shape index (κ3) is 22.7. The van der Waals surface area contributed by atoms with Crippen LogP contribution in [0.25, 0.3) is 44.3 Å². The number of anilines is 8. The second kappa shape index (κ2) is 34.2. The van der Waals surface area contributed by atoms with E-state index in [0.717, 1.165) is 95.0 Å². The molecule has 2 amide bonds. The van der Waals surface area contributed by atoms with Crippen molar-refractivity contribution in [3.05, 3.63) is 135 Å². The van der Waals surface area contributed by atoms with Gasteiger partial charge in [-0.25, -0.2) is 19.9 Å². The molecule has 0 aliphatic heterocycles. The van der Waals surface area contributed by atoms with E-state index in [1.165, 1.54) is 19.1 Å². The average molecular weight is 1260 g/mol. The van der Waals surface area contributed by atoms with Crippen LogP contribution in [0.3, 0.4) is 0 Å². The van der Waals surface area contributed by atoms with Crippen LogP contribution in [0.5, 0.6) is 11.5 Å². The lowest BCUT2D eigenvalue weighted by atomic mass is 10.1. The number of ether oxygens (including phenoxy) is 2. The van der Waals surface area contributed by atoms with E-state index in [1.807, 2.05) is 88.9 Å². The summed E-state index contributed by atoms with van der Waals surface area (Å²) in [6.45, 7) is 18.1. The van der Waals surface area contributed by atoms with Gasteiger partial charge in [0, 0.05) is 131 Å². The molecule has 89 heavy (non-hydrogen) atoms. The summed E-state index contributed by atoms with van der Waals surface area (Å²) < 4.78 is 67.4. The smallest absolute Gasteiger partial charge is 0.261 e. The fraction of sp³-hybridized carbons (Fsp3) is 0.306. The van der Waals surface area contributed by atoms with Crippen LogP contribution < -0.4 is 40.5 Å². The van der Waals surface area contributed by atoms with Crippen LogP contribution in [-0.2, 0) is 43.9 Å². The Morgan fingerprint density at radius 2 is 0.955 bits per heavy atom. The van der Waals surface area contributed by atoms with E-state index in [-0.39, 0.29) is 11.8 Å². The number of hydrogen-bond donors (Lipinski definition) is 6. The van der Waals surface area contributed by atoms with Gasteiger partial charge in [0.25, 0.3) is 20.2 Å². The number of nitriles is 1. The lowest BCUT2D eigenvalue weighted by Crippen LogP contribution is -2.31. The number of benzene rings is 4.